The first-order chi connectivity index (χ1) is 9.34. The van der Waals surface area contributed by atoms with Crippen LogP contribution in [0.1, 0.15) is 34.9 Å². The van der Waals surface area contributed by atoms with Crippen LogP contribution in [0.4, 0.5) is 0 Å². The summed E-state index contributed by atoms with van der Waals surface area (Å²) in [4.78, 5) is 20.1. The van der Waals surface area contributed by atoms with Gasteiger partial charge in [-0.2, -0.15) is 0 Å². The van der Waals surface area contributed by atoms with Crippen molar-refractivity contribution in [3.63, 3.8) is 0 Å². The Balaban J connectivity index is 1.78. The van der Waals surface area contributed by atoms with Gasteiger partial charge in [0.05, 0.1) is 12.2 Å². The predicted molar refractivity (Wildman–Crippen MR) is 71.4 cm³/mol. The van der Waals surface area contributed by atoms with Gasteiger partial charge in [0.25, 0.3) is 5.91 Å². The van der Waals surface area contributed by atoms with Crippen LogP contribution in [0.5, 0.6) is 0 Å². The molecule has 0 spiro atoms. The Labute approximate surface area is 111 Å². The second-order valence-electron chi connectivity index (χ2n) is 4.79. The maximum Gasteiger partial charge on any atom is 0.271 e. The topological polar surface area (TPSA) is 54.9 Å². The number of nitrogens with zero attached hydrogens (tertiary/aromatic N) is 2. The number of amides is 1. The molecule has 2 aromatic rings. The van der Waals surface area contributed by atoms with Crippen molar-refractivity contribution >= 4 is 5.91 Å². The molecule has 1 amide bonds. The van der Waals surface area contributed by atoms with Gasteiger partial charge in [0, 0.05) is 12.4 Å². The van der Waals surface area contributed by atoms with Gasteiger partial charge in [-0.1, -0.05) is 30.3 Å². The summed E-state index contributed by atoms with van der Waals surface area (Å²) in [6.45, 7) is 0. The zero-order chi connectivity index (χ0) is 13.1. The van der Waals surface area contributed by atoms with E-state index in [4.69, 9.17) is 0 Å². The van der Waals surface area contributed by atoms with Crippen molar-refractivity contribution in [1.82, 2.24) is 15.3 Å². The van der Waals surface area contributed by atoms with Crippen LogP contribution >= 0.6 is 0 Å². The smallest absolute Gasteiger partial charge is 0.271 e. The van der Waals surface area contributed by atoms with E-state index in [0.717, 1.165) is 5.56 Å². The summed E-state index contributed by atoms with van der Waals surface area (Å²) in [6, 6.07) is 10.2. The number of aromatic nitrogens is 2. The first-order valence-corrected chi connectivity index (χ1v) is 6.46. The average molecular weight is 253 g/mol. The fourth-order valence-electron chi connectivity index (χ4n) is 2.19. The summed E-state index contributed by atoms with van der Waals surface area (Å²) >= 11 is 0. The van der Waals surface area contributed by atoms with Gasteiger partial charge >= 0.3 is 0 Å². The van der Waals surface area contributed by atoms with E-state index >= 15 is 0 Å². The minimum atomic E-state index is -0.158. The van der Waals surface area contributed by atoms with Crippen LogP contribution in [0.2, 0.25) is 0 Å². The van der Waals surface area contributed by atoms with Gasteiger partial charge in [-0.05, 0) is 24.3 Å². The fraction of sp³-hybridized carbons (Fsp3) is 0.267. The predicted octanol–water partition coefficient (Wildman–Crippen LogP) is 2.36. The molecule has 1 aliphatic rings. The highest BCUT2D eigenvalue weighted by Gasteiger charge is 2.33. The lowest BCUT2D eigenvalue weighted by Crippen LogP contribution is -2.30. The third-order valence-electron chi connectivity index (χ3n) is 3.33. The minimum Gasteiger partial charge on any atom is -0.344 e. The molecule has 1 aromatic heterocycles. The molecule has 1 heterocycles. The van der Waals surface area contributed by atoms with Crippen LogP contribution in [0.15, 0.2) is 48.9 Å². The number of hydrogen-bond donors (Lipinski definition) is 1. The standard InChI is InChI=1S/C15H15N3O/c19-15(13-10-16-8-9-17-13)18-14(12-6-7-12)11-4-2-1-3-5-11/h1-5,8-10,12,14H,6-7H2,(H,18,19)/t14-/m1/s1. The molecule has 19 heavy (non-hydrogen) atoms. The summed E-state index contributed by atoms with van der Waals surface area (Å²) < 4.78 is 0. The van der Waals surface area contributed by atoms with E-state index in [0.29, 0.717) is 11.6 Å². The molecule has 0 unspecified atom stereocenters. The lowest BCUT2D eigenvalue weighted by atomic mass is 10.0. The van der Waals surface area contributed by atoms with Gasteiger partial charge in [-0.3, -0.25) is 9.78 Å². The molecule has 0 bridgehead atoms. The molecule has 1 atom stereocenters. The fourth-order valence-corrected chi connectivity index (χ4v) is 2.19. The monoisotopic (exact) mass is 253 g/mol. The van der Waals surface area contributed by atoms with Crippen molar-refractivity contribution in [3.8, 4) is 0 Å². The lowest BCUT2D eigenvalue weighted by molar-refractivity contribution is 0.0926. The lowest BCUT2D eigenvalue weighted by Gasteiger charge is -2.18. The van der Waals surface area contributed by atoms with Crippen molar-refractivity contribution in [1.29, 1.82) is 0 Å². The molecule has 3 rings (SSSR count). The Morgan fingerprint density at radius 1 is 1.21 bits per heavy atom. The minimum absolute atomic E-state index is 0.0794. The van der Waals surface area contributed by atoms with Gasteiger partial charge in [-0.25, -0.2) is 4.98 Å². The van der Waals surface area contributed by atoms with Crippen LogP contribution in [0, 0.1) is 5.92 Å². The van der Waals surface area contributed by atoms with Crippen molar-refractivity contribution in [3.05, 3.63) is 60.2 Å². The van der Waals surface area contributed by atoms with E-state index in [1.165, 1.54) is 25.2 Å². The SMILES string of the molecule is O=C(N[C@H](c1ccccc1)C1CC1)c1cnccn1. The molecule has 0 radical (unpaired) electrons. The summed E-state index contributed by atoms with van der Waals surface area (Å²) in [7, 11) is 0. The largest absolute Gasteiger partial charge is 0.344 e. The van der Waals surface area contributed by atoms with Crippen LogP contribution < -0.4 is 5.32 Å². The van der Waals surface area contributed by atoms with E-state index in [1.807, 2.05) is 18.2 Å². The Hall–Kier alpha value is -2.23. The molecule has 0 aliphatic heterocycles. The van der Waals surface area contributed by atoms with Crippen molar-refractivity contribution in [2.45, 2.75) is 18.9 Å². The number of hydrogen-bond acceptors (Lipinski definition) is 3. The molecule has 96 valence electrons. The molecule has 1 aromatic carbocycles. The molecule has 1 fully saturated rings. The number of rotatable bonds is 4. The normalized spacial score (nSPS) is 15.8. The zero-order valence-electron chi connectivity index (χ0n) is 10.5. The van der Waals surface area contributed by atoms with E-state index in [-0.39, 0.29) is 11.9 Å². The first kappa shape index (κ1) is 11.8. The highest BCUT2D eigenvalue weighted by Crippen LogP contribution is 2.40. The molecule has 1 N–H and O–H groups in total. The van der Waals surface area contributed by atoms with E-state index in [9.17, 15) is 4.79 Å². The summed E-state index contributed by atoms with van der Waals surface area (Å²) in [5, 5.41) is 3.07. The quantitative estimate of drug-likeness (QED) is 0.910. The Morgan fingerprint density at radius 2 is 2.00 bits per heavy atom. The summed E-state index contributed by atoms with van der Waals surface area (Å²) in [6.07, 6.45) is 6.92. The summed E-state index contributed by atoms with van der Waals surface area (Å²) in [5.41, 5.74) is 1.52. The Bertz CT molecular complexity index is 552. The van der Waals surface area contributed by atoms with Crippen LogP contribution in [-0.2, 0) is 0 Å². The van der Waals surface area contributed by atoms with E-state index in [1.54, 1.807) is 6.20 Å². The first-order valence-electron chi connectivity index (χ1n) is 6.46. The Kier molecular flexibility index (Phi) is 3.23. The maximum absolute atomic E-state index is 12.1. The van der Waals surface area contributed by atoms with Crippen molar-refractivity contribution in [2.24, 2.45) is 5.92 Å². The summed E-state index contributed by atoms with van der Waals surface area (Å²) in [5.74, 6) is 0.386. The van der Waals surface area contributed by atoms with Gasteiger partial charge in [0.15, 0.2) is 0 Å². The second-order valence-corrected chi connectivity index (χ2v) is 4.79. The molecule has 0 saturated heterocycles. The van der Waals surface area contributed by atoms with Crippen molar-refractivity contribution in [2.75, 3.05) is 0 Å². The highest BCUT2D eigenvalue weighted by atomic mass is 16.1. The molecule has 1 saturated carbocycles. The number of nitrogens with one attached hydrogen (secondary N) is 1. The highest BCUT2D eigenvalue weighted by molar-refractivity contribution is 5.92. The van der Waals surface area contributed by atoms with Crippen LogP contribution in [-0.4, -0.2) is 15.9 Å². The maximum atomic E-state index is 12.1. The third-order valence-corrected chi connectivity index (χ3v) is 3.33. The molecular formula is C15H15N3O. The molecule has 4 heteroatoms. The molecule has 4 nitrogen and oxygen atoms in total. The van der Waals surface area contributed by atoms with Gasteiger partial charge in [0.2, 0.25) is 0 Å². The molecular weight excluding hydrogens is 238 g/mol. The van der Waals surface area contributed by atoms with Gasteiger partial charge in [0.1, 0.15) is 5.69 Å². The van der Waals surface area contributed by atoms with E-state index in [2.05, 4.69) is 27.4 Å². The van der Waals surface area contributed by atoms with Crippen LogP contribution in [0.25, 0.3) is 0 Å². The van der Waals surface area contributed by atoms with E-state index < -0.39 is 0 Å². The van der Waals surface area contributed by atoms with Gasteiger partial charge < -0.3 is 5.32 Å². The van der Waals surface area contributed by atoms with Crippen LogP contribution in [0.3, 0.4) is 0 Å². The third kappa shape index (κ3) is 2.78. The molecule has 1 aliphatic carbocycles. The number of benzene rings is 1. The van der Waals surface area contributed by atoms with Gasteiger partial charge in [-0.15, -0.1) is 0 Å². The number of carbonyl (C=O) groups is 1. The zero-order valence-corrected chi connectivity index (χ0v) is 10.5. The average Bonchev–Trinajstić information content (AvgIpc) is 3.31. The second kappa shape index (κ2) is 5.18. The number of carbonyl (C=O) groups excluding carboxylic acids is 1. The Morgan fingerprint density at radius 3 is 2.63 bits per heavy atom. The van der Waals surface area contributed by atoms with Crippen molar-refractivity contribution < 1.29 is 4.79 Å².